The summed E-state index contributed by atoms with van der Waals surface area (Å²) in [5.41, 5.74) is 0.314. The van der Waals surface area contributed by atoms with E-state index in [0.717, 1.165) is 16.9 Å². The maximum Gasteiger partial charge on any atom is 0.353 e. The van der Waals surface area contributed by atoms with Crippen LogP contribution in [0.3, 0.4) is 0 Å². The number of methoxy groups -OCH3 is 1. The summed E-state index contributed by atoms with van der Waals surface area (Å²) < 4.78 is 27.4. The minimum Gasteiger partial charge on any atom is -0.479 e. The normalized spacial score (nSPS) is 12.2. The minimum absolute atomic E-state index is 0.0462. The lowest BCUT2D eigenvalue weighted by Crippen LogP contribution is -2.17. The van der Waals surface area contributed by atoms with E-state index < -0.39 is 10.7 Å². The van der Waals surface area contributed by atoms with Crippen LogP contribution < -0.4 is 9.47 Å². The summed E-state index contributed by atoms with van der Waals surface area (Å²) >= 11 is 12.0. The molecule has 0 bridgehead atoms. The number of aromatic nitrogens is 7. The predicted octanol–water partition coefficient (Wildman–Crippen LogP) is 3.79. The fourth-order valence-electron chi connectivity index (χ4n) is 3.33. The van der Waals surface area contributed by atoms with Crippen LogP contribution in [0, 0.1) is 28.8 Å². The standard InChI is InChI=1S/C19H17Cl2FN8O4/c1-9(7-28-16-12(15(20)26-28)6-24-19(21)25-16)8-34-18-14(30(31)32)10(2)29(27-18)13-4-11(22)5-23-17(13)33-3/h4-6,9H,7-8H2,1-3H3/t9-/m0/s1. The Kier molecular flexibility index (Phi) is 6.48. The first kappa shape index (κ1) is 23.6. The van der Waals surface area contributed by atoms with Crippen molar-refractivity contribution in [1.82, 2.24) is 34.5 Å². The molecule has 0 aliphatic carbocycles. The third-order valence-electron chi connectivity index (χ3n) is 4.86. The van der Waals surface area contributed by atoms with Crippen LogP contribution in [0.5, 0.6) is 11.8 Å². The Labute approximate surface area is 201 Å². The smallest absolute Gasteiger partial charge is 0.353 e. The Bertz CT molecular complexity index is 1390. The molecule has 0 spiro atoms. The van der Waals surface area contributed by atoms with Crippen molar-refractivity contribution in [2.24, 2.45) is 5.92 Å². The summed E-state index contributed by atoms with van der Waals surface area (Å²) in [4.78, 5) is 23.0. The molecule has 0 aliphatic rings. The fourth-order valence-corrected chi connectivity index (χ4v) is 3.69. The molecule has 0 fully saturated rings. The number of fused-ring (bicyclic) bond motifs is 1. The highest BCUT2D eigenvalue weighted by atomic mass is 35.5. The molecule has 0 amide bonds. The Morgan fingerprint density at radius 2 is 2.00 bits per heavy atom. The highest BCUT2D eigenvalue weighted by molar-refractivity contribution is 6.34. The molecule has 1 atom stereocenters. The lowest BCUT2D eigenvalue weighted by Gasteiger charge is -2.12. The van der Waals surface area contributed by atoms with Gasteiger partial charge in [0.15, 0.2) is 10.8 Å². The molecule has 0 aliphatic heterocycles. The van der Waals surface area contributed by atoms with Crippen LogP contribution in [-0.4, -0.2) is 53.2 Å². The summed E-state index contributed by atoms with van der Waals surface area (Å²) in [6, 6.07) is 1.11. The van der Waals surface area contributed by atoms with Gasteiger partial charge in [-0.2, -0.15) is 10.1 Å². The molecule has 4 aromatic heterocycles. The average molecular weight is 511 g/mol. The SMILES string of the molecule is COc1ncc(F)cc1-n1nc(OC[C@@H](C)Cn2nc(Cl)c3cnc(Cl)nc32)c([N+](=O)[O-])c1C. The second kappa shape index (κ2) is 9.35. The van der Waals surface area contributed by atoms with E-state index in [0.29, 0.717) is 17.6 Å². The number of nitrogens with zero attached hydrogens (tertiary/aromatic N) is 8. The lowest BCUT2D eigenvalue weighted by atomic mass is 10.2. The predicted molar refractivity (Wildman–Crippen MR) is 119 cm³/mol. The van der Waals surface area contributed by atoms with Crippen molar-refractivity contribution in [3.63, 3.8) is 0 Å². The molecule has 0 unspecified atom stereocenters. The molecule has 0 saturated heterocycles. The highest BCUT2D eigenvalue weighted by Crippen LogP contribution is 2.34. The van der Waals surface area contributed by atoms with Crippen molar-refractivity contribution in [2.45, 2.75) is 20.4 Å². The monoisotopic (exact) mass is 510 g/mol. The van der Waals surface area contributed by atoms with E-state index in [4.69, 9.17) is 32.7 Å². The van der Waals surface area contributed by atoms with Crippen molar-refractivity contribution < 1.29 is 18.8 Å². The first-order chi connectivity index (χ1) is 16.2. The Hall–Kier alpha value is -3.58. The maximum absolute atomic E-state index is 13.8. The first-order valence-electron chi connectivity index (χ1n) is 9.80. The fraction of sp³-hybridized carbons (Fsp3) is 0.316. The van der Waals surface area contributed by atoms with Gasteiger partial charge in [0.25, 0.3) is 0 Å². The molecule has 178 valence electrons. The number of ether oxygens (including phenoxy) is 2. The van der Waals surface area contributed by atoms with Gasteiger partial charge < -0.3 is 9.47 Å². The highest BCUT2D eigenvalue weighted by Gasteiger charge is 2.29. The molecule has 15 heteroatoms. The zero-order chi connectivity index (χ0) is 24.6. The van der Waals surface area contributed by atoms with Crippen LogP contribution in [0.4, 0.5) is 10.1 Å². The van der Waals surface area contributed by atoms with Crippen LogP contribution >= 0.6 is 23.2 Å². The molecule has 34 heavy (non-hydrogen) atoms. The molecule has 4 aromatic rings. The van der Waals surface area contributed by atoms with E-state index in [-0.39, 0.29) is 51.8 Å². The molecule has 0 aromatic carbocycles. The topological polar surface area (TPSA) is 136 Å². The molecule has 0 N–H and O–H groups in total. The average Bonchev–Trinajstić information content (AvgIpc) is 3.28. The number of hydrogen-bond donors (Lipinski definition) is 0. The zero-order valence-corrected chi connectivity index (χ0v) is 19.6. The summed E-state index contributed by atoms with van der Waals surface area (Å²) in [6.07, 6.45) is 2.45. The third kappa shape index (κ3) is 4.43. The summed E-state index contributed by atoms with van der Waals surface area (Å²) in [7, 11) is 1.35. The molecular formula is C19H17Cl2FN8O4. The van der Waals surface area contributed by atoms with Gasteiger partial charge >= 0.3 is 11.6 Å². The van der Waals surface area contributed by atoms with Crippen molar-refractivity contribution in [3.8, 4) is 17.4 Å². The van der Waals surface area contributed by atoms with Gasteiger partial charge in [-0.1, -0.05) is 18.5 Å². The lowest BCUT2D eigenvalue weighted by molar-refractivity contribution is -0.386. The third-order valence-corrected chi connectivity index (χ3v) is 5.32. The number of hydrogen-bond acceptors (Lipinski definition) is 9. The summed E-state index contributed by atoms with van der Waals surface area (Å²) in [6.45, 7) is 3.69. The van der Waals surface area contributed by atoms with Gasteiger partial charge in [-0.25, -0.2) is 23.7 Å². The van der Waals surface area contributed by atoms with Gasteiger partial charge in [-0.05, 0) is 18.5 Å². The van der Waals surface area contributed by atoms with Crippen LogP contribution in [-0.2, 0) is 6.54 Å². The molecule has 4 heterocycles. The van der Waals surface area contributed by atoms with E-state index in [9.17, 15) is 14.5 Å². The van der Waals surface area contributed by atoms with Crippen LogP contribution in [0.15, 0.2) is 18.5 Å². The van der Waals surface area contributed by atoms with Crippen LogP contribution in [0.1, 0.15) is 12.6 Å². The molecule has 12 nitrogen and oxygen atoms in total. The van der Waals surface area contributed by atoms with Gasteiger partial charge in [0.05, 0.1) is 30.2 Å². The van der Waals surface area contributed by atoms with E-state index >= 15 is 0 Å². The van der Waals surface area contributed by atoms with Crippen molar-refractivity contribution in [3.05, 3.63) is 50.5 Å². The molecular weight excluding hydrogens is 494 g/mol. The quantitative estimate of drug-likeness (QED) is 0.197. The summed E-state index contributed by atoms with van der Waals surface area (Å²) in [5.74, 6) is -1.03. The van der Waals surface area contributed by atoms with Crippen LogP contribution in [0.25, 0.3) is 16.7 Å². The van der Waals surface area contributed by atoms with Gasteiger partial charge in [0.1, 0.15) is 17.2 Å². The largest absolute Gasteiger partial charge is 0.479 e. The second-order valence-electron chi connectivity index (χ2n) is 7.36. The van der Waals surface area contributed by atoms with Crippen molar-refractivity contribution in [1.29, 1.82) is 0 Å². The van der Waals surface area contributed by atoms with Gasteiger partial charge in [-0.15, -0.1) is 5.10 Å². The van der Waals surface area contributed by atoms with E-state index in [1.807, 2.05) is 6.92 Å². The number of pyridine rings is 1. The molecule has 0 saturated carbocycles. The first-order valence-corrected chi connectivity index (χ1v) is 10.6. The molecule has 0 radical (unpaired) electrons. The van der Waals surface area contributed by atoms with Crippen molar-refractivity contribution >= 4 is 39.9 Å². The summed E-state index contributed by atoms with van der Waals surface area (Å²) in [5, 5.41) is 21.0. The maximum atomic E-state index is 13.8. The zero-order valence-electron chi connectivity index (χ0n) is 18.1. The van der Waals surface area contributed by atoms with Crippen LogP contribution in [0.2, 0.25) is 10.4 Å². The van der Waals surface area contributed by atoms with E-state index in [1.54, 1.807) is 4.68 Å². The molecule has 4 rings (SSSR count). The Morgan fingerprint density at radius 1 is 1.24 bits per heavy atom. The second-order valence-corrected chi connectivity index (χ2v) is 8.05. The van der Waals surface area contributed by atoms with Gasteiger partial charge in [0, 0.05) is 24.7 Å². The van der Waals surface area contributed by atoms with E-state index in [2.05, 4.69) is 25.1 Å². The van der Waals surface area contributed by atoms with Gasteiger partial charge in [-0.3, -0.25) is 10.1 Å². The van der Waals surface area contributed by atoms with E-state index in [1.165, 1.54) is 20.2 Å². The Morgan fingerprint density at radius 3 is 2.71 bits per heavy atom. The number of rotatable bonds is 8. The number of nitro groups is 1. The van der Waals surface area contributed by atoms with Gasteiger partial charge in [0.2, 0.25) is 11.2 Å². The Balaban J connectivity index is 1.59. The minimum atomic E-state index is -0.654. The number of halogens is 3. The van der Waals surface area contributed by atoms with Crippen molar-refractivity contribution in [2.75, 3.05) is 13.7 Å².